The second-order valence-electron chi connectivity index (χ2n) is 3.99. The molecule has 0 saturated carbocycles. The van der Waals surface area contributed by atoms with Crippen LogP contribution in [0.2, 0.25) is 0 Å². The lowest BCUT2D eigenvalue weighted by molar-refractivity contribution is 0.0162. The number of hydrogen-bond acceptors (Lipinski definition) is 2. The summed E-state index contributed by atoms with van der Waals surface area (Å²) in [6, 6.07) is 0.541. The highest BCUT2D eigenvalue weighted by molar-refractivity contribution is 4.53. The highest BCUT2D eigenvalue weighted by Gasteiger charge is 2.00. The lowest BCUT2D eigenvalue weighted by atomic mass is 10.2. The third-order valence-electron chi connectivity index (χ3n) is 2.01. The van der Waals surface area contributed by atoms with Gasteiger partial charge in [0.15, 0.2) is 0 Å². The Balaban J connectivity index is 2.93. The quantitative estimate of drug-likeness (QED) is 0.575. The van der Waals surface area contributed by atoms with Gasteiger partial charge in [-0.05, 0) is 19.4 Å². The average molecular weight is 223 g/mol. The van der Waals surface area contributed by atoms with Crippen molar-refractivity contribution in [2.75, 3.05) is 19.8 Å². The van der Waals surface area contributed by atoms with Gasteiger partial charge in [0.25, 0.3) is 6.43 Å². The Morgan fingerprint density at radius 3 is 2.33 bits per heavy atom. The molecular formula is C11H23F2NO. The summed E-state index contributed by atoms with van der Waals surface area (Å²) in [5.41, 5.74) is 0. The summed E-state index contributed by atoms with van der Waals surface area (Å²) in [5.74, 6) is 0. The van der Waals surface area contributed by atoms with Gasteiger partial charge in [0.2, 0.25) is 0 Å². The van der Waals surface area contributed by atoms with Crippen molar-refractivity contribution in [1.29, 1.82) is 0 Å². The van der Waals surface area contributed by atoms with Crippen molar-refractivity contribution in [3.05, 3.63) is 0 Å². The fourth-order valence-corrected chi connectivity index (χ4v) is 1.25. The van der Waals surface area contributed by atoms with Crippen LogP contribution in [-0.2, 0) is 4.74 Å². The van der Waals surface area contributed by atoms with E-state index in [2.05, 4.69) is 19.2 Å². The van der Waals surface area contributed by atoms with E-state index in [0.717, 1.165) is 32.2 Å². The van der Waals surface area contributed by atoms with Crippen molar-refractivity contribution in [2.45, 2.75) is 52.0 Å². The zero-order valence-electron chi connectivity index (χ0n) is 9.77. The maximum absolute atomic E-state index is 11.7. The second-order valence-corrected chi connectivity index (χ2v) is 3.99. The largest absolute Gasteiger partial charge is 0.376 e. The van der Waals surface area contributed by atoms with Crippen LogP contribution in [0.1, 0.15) is 39.5 Å². The Hall–Kier alpha value is -0.220. The summed E-state index contributed by atoms with van der Waals surface area (Å²) in [5, 5.41) is 3.33. The summed E-state index contributed by atoms with van der Waals surface area (Å²) >= 11 is 0. The maximum Gasteiger partial charge on any atom is 0.261 e. The lowest BCUT2D eigenvalue weighted by Gasteiger charge is -2.07. The zero-order chi connectivity index (χ0) is 11.5. The number of alkyl halides is 2. The topological polar surface area (TPSA) is 21.3 Å². The molecule has 0 rings (SSSR count). The van der Waals surface area contributed by atoms with Gasteiger partial charge in [-0.1, -0.05) is 26.7 Å². The molecule has 15 heavy (non-hydrogen) atoms. The molecule has 0 heterocycles. The van der Waals surface area contributed by atoms with Crippen LogP contribution in [0, 0.1) is 0 Å². The normalized spacial score (nSPS) is 11.6. The Labute approximate surface area is 91.4 Å². The van der Waals surface area contributed by atoms with E-state index in [1.807, 2.05) is 0 Å². The van der Waals surface area contributed by atoms with Gasteiger partial charge >= 0.3 is 0 Å². The molecule has 0 aromatic rings. The van der Waals surface area contributed by atoms with E-state index >= 15 is 0 Å². The van der Waals surface area contributed by atoms with Crippen molar-refractivity contribution < 1.29 is 13.5 Å². The van der Waals surface area contributed by atoms with Crippen molar-refractivity contribution in [2.24, 2.45) is 0 Å². The molecule has 2 nitrogen and oxygen atoms in total. The summed E-state index contributed by atoms with van der Waals surface area (Å²) in [4.78, 5) is 0. The highest BCUT2D eigenvalue weighted by Crippen LogP contribution is 2.01. The molecule has 0 atom stereocenters. The highest BCUT2D eigenvalue weighted by atomic mass is 19.3. The minimum Gasteiger partial charge on any atom is -0.376 e. The molecule has 0 fully saturated rings. The first-order chi connectivity index (χ1) is 7.13. The molecular weight excluding hydrogens is 200 g/mol. The predicted molar refractivity (Wildman–Crippen MR) is 58.4 cm³/mol. The van der Waals surface area contributed by atoms with Crippen LogP contribution >= 0.6 is 0 Å². The van der Waals surface area contributed by atoms with Crippen LogP contribution < -0.4 is 5.32 Å². The van der Waals surface area contributed by atoms with E-state index in [0.29, 0.717) is 12.6 Å². The number of rotatable bonds is 10. The molecule has 0 aromatic carbocycles. The second kappa shape index (κ2) is 10.3. The summed E-state index contributed by atoms with van der Waals surface area (Å²) < 4.78 is 28.1. The van der Waals surface area contributed by atoms with Crippen LogP contribution in [0.5, 0.6) is 0 Å². The van der Waals surface area contributed by atoms with Crippen LogP contribution in [0.25, 0.3) is 0 Å². The first-order valence-electron chi connectivity index (χ1n) is 5.72. The fraction of sp³-hybridized carbons (Fsp3) is 1.00. The molecule has 0 aromatic heterocycles. The Kier molecular flexibility index (Phi) is 10.2. The summed E-state index contributed by atoms with van der Waals surface area (Å²) in [6.07, 6.45) is 1.89. The van der Waals surface area contributed by atoms with Gasteiger partial charge in [-0.25, -0.2) is 8.78 Å². The minimum absolute atomic E-state index is 0.422. The third kappa shape index (κ3) is 13.8. The molecule has 4 heteroatoms. The van der Waals surface area contributed by atoms with Crippen LogP contribution in [0.3, 0.4) is 0 Å². The van der Waals surface area contributed by atoms with E-state index in [9.17, 15) is 8.78 Å². The van der Waals surface area contributed by atoms with Gasteiger partial charge in [-0.15, -0.1) is 0 Å². The Morgan fingerprint density at radius 2 is 1.73 bits per heavy atom. The van der Waals surface area contributed by atoms with Crippen LogP contribution in [-0.4, -0.2) is 32.2 Å². The standard InChI is InChI=1S/C11H23F2NO/c1-10(2)14-7-5-3-4-6-8-15-9-11(12)13/h10-11,14H,3-9H2,1-2H3. The molecule has 0 unspecified atom stereocenters. The van der Waals surface area contributed by atoms with Crippen molar-refractivity contribution >= 4 is 0 Å². The molecule has 0 saturated heterocycles. The van der Waals surface area contributed by atoms with Crippen LogP contribution in [0.4, 0.5) is 8.78 Å². The number of hydrogen-bond donors (Lipinski definition) is 1. The Bertz CT molecular complexity index is 118. The summed E-state index contributed by atoms with van der Waals surface area (Å²) in [7, 11) is 0. The third-order valence-corrected chi connectivity index (χ3v) is 2.01. The average Bonchev–Trinajstić information content (AvgIpc) is 2.14. The number of nitrogens with one attached hydrogen (secondary N) is 1. The predicted octanol–water partition coefficient (Wildman–Crippen LogP) is 2.83. The van der Waals surface area contributed by atoms with Gasteiger partial charge in [-0.2, -0.15) is 0 Å². The molecule has 0 aliphatic heterocycles. The lowest BCUT2D eigenvalue weighted by Crippen LogP contribution is -2.23. The van der Waals surface area contributed by atoms with Gasteiger partial charge in [0, 0.05) is 12.6 Å². The maximum atomic E-state index is 11.7. The van der Waals surface area contributed by atoms with E-state index in [4.69, 9.17) is 4.74 Å². The molecule has 0 bridgehead atoms. The zero-order valence-corrected chi connectivity index (χ0v) is 9.77. The number of ether oxygens (including phenoxy) is 1. The molecule has 0 spiro atoms. The van der Waals surface area contributed by atoms with E-state index in [1.165, 1.54) is 0 Å². The SMILES string of the molecule is CC(C)NCCCCCCOCC(F)F. The number of halogens is 2. The van der Waals surface area contributed by atoms with Gasteiger partial charge in [0.1, 0.15) is 6.61 Å². The Morgan fingerprint density at radius 1 is 1.07 bits per heavy atom. The monoisotopic (exact) mass is 223 g/mol. The van der Waals surface area contributed by atoms with Crippen molar-refractivity contribution in [3.63, 3.8) is 0 Å². The fourth-order valence-electron chi connectivity index (χ4n) is 1.25. The molecule has 0 amide bonds. The molecule has 92 valence electrons. The smallest absolute Gasteiger partial charge is 0.261 e. The number of unbranched alkanes of at least 4 members (excludes halogenated alkanes) is 3. The minimum atomic E-state index is -2.33. The molecule has 1 N–H and O–H groups in total. The first kappa shape index (κ1) is 14.8. The first-order valence-corrected chi connectivity index (χ1v) is 5.72. The van der Waals surface area contributed by atoms with Gasteiger partial charge < -0.3 is 10.1 Å². The van der Waals surface area contributed by atoms with Crippen molar-refractivity contribution in [1.82, 2.24) is 5.32 Å². The summed E-state index contributed by atoms with van der Waals surface area (Å²) in [6.45, 7) is 5.32. The van der Waals surface area contributed by atoms with Crippen LogP contribution in [0.15, 0.2) is 0 Å². The van der Waals surface area contributed by atoms with Gasteiger partial charge in [-0.3, -0.25) is 0 Å². The van der Waals surface area contributed by atoms with E-state index in [1.54, 1.807) is 0 Å². The van der Waals surface area contributed by atoms with Crippen molar-refractivity contribution in [3.8, 4) is 0 Å². The molecule has 0 aliphatic carbocycles. The molecule has 0 radical (unpaired) electrons. The van der Waals surface area contributed by atoms with E-state index < -0.39 is 13.0 Å². The van der Waals surface area contributed by atoms with E-state index in [-0.39, 0.29) is 0 Å². The van der Waals surface area contributed by atoms with Gasteiger partial charge in [0.05, 0.1) is 0 Å². The molecule has 0 aliphatic rings.